The van der Waals surface area contributed by atoms with Gasteiger partial charge in [-0.3, -0.25) is 4.79 Å². The second-order valence-corrected chi connectivity index (χ2v) is 7.02. The zero-order valence-corrected chi connectivity index (χ0v) is 16.2. The molecule has 4 rings (SSSR count). The third kappa shape index (κ3) is 3.32. The normalized spacial score (nSPS) is 25.1. The highest BCUT2D eigenvalue weighted by Crippen LogP contribution is 2.48. The van der Waals surface area contributed by atoms with Crippen LogP contribution in [0.3, 0.4) is 0 Å². The number of alkyl halides is 1. The average molecular weight is 418 g/mol. The summed E-state index contributed by atoms with van der Waals surface area (Å²) >= 11 is 0. The Morgan fingerprint density at radius 3 is 2.87 bits per heavy atom. The van der Waals surface area contributed by atoms with Gasteiger partial charge in [0.1, 0.15) is 23.9 Å². The Morgan fingerprint density at radius 1 is 1.30 bits per heavy atom. The standard InChI is InChI=1S/C20H20F2N4O4/c1-2-29-13-4-6-16(24-8-13)17(27)25-12-3-5-15(21)14(7-12)20-11-28-9-19(20,22)10-30-18(23)26-20/h3-8H,2,9-11H2,1H3,(H2,23,26)(H,25,27)/t19-,20-/m1/s1. The second kappa shape index (κ2) is 7.52. The number of hydrogen-bond donors (Lipinski definition) is 2. The van der Waals surface area contributed by atoms with Crippen LogP contribution in [0.15, 0.2) is 41.5 Å². The molecule has 2 atom stereocenters. The summed E-state index contributed by atoms with van der Waals surface area (Å²) < 4.78 is 45.9. The molecule has 10 heteroatoms. The fourth-order valence-electron chi connectivity index (χ4n) is 3.57. The van der Waals surface area contributed by atoms with Crippen LogP contribution in [0.1, 0.15) is 23.0 Å². The van der Waals surface area contributed by atoms with Crippen molar-refractivity contribution in [3.63, 3.8) is 0 Å². The van der Waals surface area contributed by atoms with Gasteiger partial charge in [0.2, 0.25) is 0 Å². The first-order valence-electron chi connectivity index (χ1n) is 9.32. The van der Waals surface area contributed by atoms with Crippen LogP contribution >= 0.6 is 0 Å². The lowest BCUT2D eigenvalue weighted by Gasteiger charge is -2.38. The molecule has 1 saturated heterocycles. The van der Waals surface area contributed by atoms with E-state index in [9.17, 15) is 9.18 Å². The van der Waals surface area contributed by atoms with E-state index in [0.717, 1.165) is 6.07 Å². The maximum absolute atomic E-state index is 15.5. The van der Waals surface area contributed by atoms with Gasteiger partial charge < -0.3 is 25.3 Å². The number of nitrogens with two attached hydrogens (primary N) is 1. The van der Waals surface area contributed by atoms with Crippen LogP contribution in [0.5, 0.6) is 5.75 Å². The second-order valence-electron chi connectivity index (χ2n) is 7.02. The van der Waals surface area contributed by atoms with Gasteiger partial charge in [-0.2, -0.15) is 0 Å². The molecule has 2 aliphatic rings. The van der Waals surface area contributed by atoms with E-state index in [4.69, 9.17) is 19.9 Å². The molecule has 158 valence electrons. The Kier molecular flexibility index (Phi) is 5.02. The molecule has 0 spiro atoms. The number of halogens is 2. The number of nitrogens with one attached hydrogen (secondary N) is 1. The minimum Gasteiger partial charge on any atom is -0.492 e. The zero-order chi connectivity index (χ0) is 21.4. The van der Waals surface area contributed by atoms with E-state index in [-0.39, 0.29) is 36.2 Å². The summed E-state index contributed by atoms with van der Waals surface area (Å²) in [5.41, 5.74) is 2.17. The summed E-state index contributed by atoms with van der Waals surface area (Å²) in [4.78, 5) is 20.6. The fourth-order valence-corrected chi connectivity index (χ4v) is 3.57. The summed E-state index contributed by atoms with van der Waals surface area (Å²) in [6.07, 6.45) is 1.43. The highest BCUT2D eigenvalue weighted by molar-refractivity contribution is 6.02. The number of hydrogen-bond acceptors (Lipinski definition) is 7. The van der Waals surface area contributed by atoms with Crippen molar-refractivity contribution in [3.8, 4) is 5.75 Å². The van der Waals surface area contributed by atoms with Crippen molar-refractivity contribution in [3.05, 3.63) is 53.6 Å². The smallest absolute Gasteiger partial charge is 0.283 e. The Bertz CT molecular complexity index is 1000. The van der Waals surface area contributed by atoms with Crippen molar-refractivity contribution in [2.45, 2.75) is 18.1 Å². The summed E-state index contributed by atoms with van der Waals surface area (Å²) in [6, 6.07) is 6.70. The van der Waals surface area contributed by atoms with Gasteiger partial charge in [-0.05, 0) is 37.3 Å². The lowest BCUT2D eigenvalue weighted by atomic mass is 9.78. The van der Waals surface area contributed by atoms with Crippen molar-refractivity contribution in [1.29, 1.82) is 0 Å². The van der Waals surface area contributed by atoms with Gasteiger partial charge in [0.15, 0.2) is 11.2 Å². The minimum atomic E-state index is -2.09. The van der Waals surface area contributed by atoms with E-state index >= 15 is 4.39 Å². The number of nitrogens with zero attached hydrogens (tertiary/aromatic N) is 2. The van der Waals surface area contributed by atoms with Crippen LogP contribution in [0.25, 0.3) is 0 Å². The molecule has 30 heavy (non-hydrogen) atoms. The molecule has 2 aliphatic heterocycles. The van der Waals surface area contributed by atoms with Crippen molar-refractivity contribution in [2.75, 3.05) is 31.7 Å². The number of aliphatic imine (C=N–C) groups is 1. The summed E-state index contributed by atoms with van der Waals surface area (Å²) in [5.74, 6) is -0.678. The molecule has 1 fully saturated rings. The van der Waals surface area contributed by atoms with Gasteiger partial charge in [-0.15, -0.1) is 0 Å². The fraction of sp³-hybridized carbons (Fsp3) is 0.350. The van der Waals surface area contributed by atoms with Gasteiger partial charge in [-0.25, -0.2) is 18.8 Å². The van der Waals surface area contributed by atoms with Crippen molar-refractivity contribution < 1.29 is 27.8 Å². The van der Waals surface area contributed by atoms with E-state index in [0.29, 0.717) is 12.4 Å². The van der Waals surface area contributed by atoms with Crippen molar-refractivity contribution in [2.24, 2.45) is 10.7 Å². The van der Waals surface area contributed by atoms with Gasteiger partial charge in [0, 0.05) is 11.3 Å². The van der Waals surface area contributed by atoms with Crippen LogP contribution in [-0.4, -0.2) is 49.0 Å². The molecular formula is C20H20F2N4O4. The first kappa shape index (κ1) is 20.0. The molecule has 0 unspecified atom stereocenters. The predicted molar refractivity (Wildman–Crippen MR) is 104 cm³/mol. The van der Waals surface area contributed by atoms with Gasteiger partial charge in [-0.1, -0.05) is 0 Å². The summed E-state index contributed by atoms with van der Waals surface area (Å²) in [5, 5.41) is 2.63. The predicted octanol–water partition coefficient (Wildman–Crippen LogP) is 2.15. The molecule has 0 aliphatic carbocycles. The number of pyridine rings is 1. The number of carbonyl (C=O) groups excluding carboxylic acids is 1. The molecular weight excluding hydrogens is 398 g/mol. The molecule has 1 amide bonds. The highest BCUT2D eigenvalue weighted by atomic mass is 19.1. The molecule has 8 nitrogen and oxygen atoms in total. The topological polar surface area (TPSA) is 108 Å². The molecule has 0 radical (unpaired) electrons. The first-order valence-corrected chi connectivity index (χ1v) is 9.32. The van der Waals surface area contributed by atoms with Crippen LogP contribution in [0, 0.1) is 5.82 Å². The molecule has 1 aromatic heterocycles. The molecule has 2 aromatic rings. The lowest BCUT2D eigenvalue weighted by molar-refractivity contribution is 0.00905. The number of amidine groups is 1. The van der Waals surface area contributed by atoms with Crippen molar-refractivity contribution >= 4 is 17.6 Å². The number of ether oxygens (including phenoxy) is 3. The number of anilines is 1. The molecule has 3 heterocycles. The molecule has 0 bridgehead atoms. The molecule has 0 saturated carbocycles. The SMILES string of the molecule is CCOc1ccc(C(=O)Nc2ccc(F)c([C@]34COC[C@@]3(F)COC(N)=N4)c2)nc1. The van der Waals surface area contributed by atoms with Gasteiger partial charge in [0.05, 0.1) is 26.0 Å². The minimum absolute atomic E-state index is 0.0776. The Balaban J connectivity index is 1.64. The summed E-state index contributed by atoms with van der Waals surface area (Å²) in [6.45, 7) is 1.39. The molecule has 1 aromatic carbocycles. The average Bonchev–Trinajstić information content (AvgIpc) is 3.07. The number of fused-ring (bicyclic) bond motifs is 1. The van der Waals surface area contributed by atoms with Crippen LogP contribution < -0.4 is 15.8 Å². The maximum atomic E-state index is 15.5. The number of carbonyl (C=O) groups is 1. The van der Waals surface area contributed by atoms with Crippen LogP contribution in [-0.2, 0) is 15.0 Å². The highest BCUT2D eigenvalue weighted by Gasteiger charge is 2.62. The van der Waals surface area contributed by atoms with Crippen molar-refractivity contribution in [1.82, 2.24) is 4.98 Å². The third-order valence-electron chi connectivity index (χ3n) is 5.08. The number of benzene rings is 1. The maximum Gasteiger partial charge on any atom is 0.283 e. The zero-order valence-electron chi connectivity index (χ0n) is 16.2. The van der Waals surface area contributed by atoms with Gasteiger partial charge in [0.25, 0.3) is 11.9 Å². The Morgan fingerprint density at radius 2 is 2.13 bits per heavy atom. The number of amides is 1. The Hall–Kier alpha value is -3.27. The molecule has 3 N–H and O–H groups in total. The summed E-state index contributed by atoms with van der Waals surface area (Å²) in [7, 11) is 0. The van der Waals surface area contributed by atoms with E-state index in [1.807, 2.05) is 6.92 Å². The van der Waals surface area contributed by atoms with Crippen LogP contribution in [0.2, 0.25) is 0 Å². The quantitative estimate of drug-likeness (QED) is 0.770. The van der Waals surface area contributed by atoms with E-state index in [1.54, 1.807) is 6.07 Å². The number of aromatic nitrogens is 1. The number of rotatable bonds is 5. The van der Waals surface area contributed by atoms with E-state index < -0.39 is 29.5 Å². The van der Waals surface area contributed by atoms with Crippen LogP contribution in [0.4, 0.5) is 14.5 Å². The third-order valence-corrected chi connectivity index (χ3v) is 5.08. The Labute approximate surface area is 171 Å². The van der Waals surface area contributed by atoms with E-state index in [2.05, 4.69) is 15.3 Å². The first-order chi connectivity index (χ1) is 14.4. The monoisotopic (exact) mass is 418 g/mol. The largest absolute Gasteiger partial charge is 0.492 e. The van der Waals surface area contributed by atoms with E-state index in [1.165, 1.54) is 24.4 Å². The van der Waals surface area contributed by atoms with Gasteiger partial charge >= 0.3 is 0 Å². The lowest BCUT2D eigenvalue weighted by Crippen LogP contribution is -2.55.